The number of piperidine rings is 2. The number of rotatable bonds is 1. The molecule has 2 nitrogen and oxygen atoms in total. The molecule has 0 saturated carbocycles. The Morgan fingerprint density at radius 3 is 2.31 bits per heavy atom. The summed E-state index contributed by atoms with van der Waals surface area (Å²) in [6, 6.07) is 0.818. The van der Waals surface area contributed by atoms with Crippen molar-refractivity contribution in [3.63, 3.8) is 0 Å². The van der Waals surface area contributed by atoms with Crippen LogP contribution in [0.5, 0.6) is 0 Å². The molecular weight excluding hydrogens is 160 g/mol. The lowest BCUT2D eigenvalue weighted by Gasteiger charge is -2.39. The predicted molar refractivity (Wildman–Crippen MR) is 55.9 cm³/mol. The third-order valence-corrected chi connectivity index (χ3v) is 3.45. The van der Waals surface area contributed by atoms with Crippen molar-refractivity contribution in [1.82, 2.24) is 9.80 Å². The van der Waals surface area contributed by atoms with Gasteiger partial charge in [0.25, 0.3) is 0 Å². The molecule has 2 fully saturated rings. The second-order valence-corrected chi connectivity index (χ2v) is 4.44. The molecule has 2 aliphatic rings. The van der Waals surface area contributed by atoms with Gasteiger partial charge in [0.2, 0.25) is 0 Å². The van der Waals surface area contributed by atoms with E-state index in [4.69, 9.17) is 1.37 Å². The van der Waals surface area contributed by atoms with Crippen LogP contribution in [0.4, 0.5) is 0 Å². The van der Waals surface area contributed by atoms with E-state index in [1.54, 1.807) is 0 Å². The fourth-order valence-electron chi connectivity index (χ4n) is 2.50. The van der Waals surface area contributed by atoms with E-state index < -0.39 is 0 Å². The fourth-order valence-corrected chi connectivity index (χ4v) is 2.50. The molecule has 0 bridgehead atoms. The van der Waals surface area contributed by atoms with Crippen molar-refractivity contribution in [3.8, 4) is 0 Å². The lowest BCUT2D eigenvalue weighted by Crippen LogP contribution is -2.45. The van der Waals surface area contributed by atoms with Crippen LogP contribution in [-0.2, 0) is 0 Å². The lowest BCUT2D eigenvalue weighted by atomic mass is 10.0. The van der Waals surface area contributed by atoms with E-state index in [-0.39, 0.29) is 6.40 Å². The van der Waals surface area contributed by atoms with Crippen molar-refractivity contribution in [2.45, 2.75) is 38.1 Å². The number of nitrogens with zero attached hydrogens (tertiary/aromatic N) is 2. The molecule has 0 aromatic heterocycles. The Morgan fingerprint density at radius 2 is 1.69 bits per heavy atom. The van der Waals surface area contributed by atoms with E-state index in [1.165, 1.54) is 39.0 Å². The molecule has 2 aliphatic heterocycles. The Labute approximate surface area is 83.3 Å². The zero-order valence-corrected chi connectivity index (χ0v) is 8.71. The standard InChI is InChI=1S/C11H22N2/c1-12-9-5-11(6-10-12)13-7-3-2-4-8-13/h11H,2-10H2,1H3/i2D. The van der Waals surface area contributed by atoms with Crippen LogP contribution in [-0.4, -0.2) is 49.1 Å². The molecular formula is C11H22N2. The SMILES string of the molecule is [2H]C1CCN(C2CCN(C)CC2)CC1. The third kappa shape index (κ3) is 2.44. The van der Waals surface area contributed by atoms with Gasteiger partial charge < -0.3 is 9.80 Å². The molecule has 0 amide bonds. The van der Waals surface area contributed by atoms with Crippen LogP contribution in [0.15, 0.2) is 0 Å². The van der Waals surface area contributed by atoms with Crippen LogP contribution in [0, 0.1) is 0 Å². The normalized spacial score (nSPS) is 31.9. The summed E-state index contributed by atoms with van der Waals surface area (Å²) in [4.78, 5) is 5.05. The molecule has 2 heterocycles. The minimum atomic E-state index is 0.220. The summed E-state index contributed by atoms with van der Waals surface area (Å²) in [6.07, 6.45) is 5.06. The summed E-state index contributed by atoms with van der Waals surface area (Å²) in [5.74, 6) is 0. The van der Waals surface area contributed by atoms with Crippen LogP contribution >= 0.6 is 0 Å². The van der Waals surface area contributed by atoms with E-state index in [2.05, 4.69) is 16.8 Å². The molecule has 0 aromatic carbocycles. The molecule has 0 radical (unpaired) electrons. The molecule has 2 rings (SSSR count). The number of likely N-dealkylation sites (tertiary alicyclic amines) is 2. The van der Waals surface area contributed by atoms with E-state index in [0.29, 0.717) is 0 Å². The highest BCUT2D eigenvalue weighted by Gasteiger charge is 2.23. The second-order valence-electron chi connectivity index (χ2n) is 4.44. The number of hydrogen-bond donors (Lipinski definition) is 0. The highest BCUT2D eigenvalue weighted by Crippen LogP contribution is 2.19. The summed E-state index contributed by atoms with van der Waals surface area (Å²) in [5.41, 5.74) is 0. The van der Waals surface area contributed by atoms with Gasteiger partial charge in [0.05, 0.1) is 0 Å². The largest absolute Gasteiger partial charge is 0.306 e. The zero-order chi connectivity index (χ0) is 9.97. The van der Waals surface area contributed by atoms with Crippen LogP contribution in [0.25, 0.3) is 0 Å². The maximum absolute atomic E-state index is 7.67. The first-order chi connectivity index (χ1) is 6.75. The quantitative estimate of drug-likeness (QED) is 0.609. The zero-order valence-electron chi connectivity index (χ0n) is 9.71. The van der Waals surface area contributed by atoms with E-state index >= 15 is 0 Å². The van der Waals surface area contributed by atoms with Crippen LogP contribution in [0.3, 0.4) is 0 Å². The van der Waals surface area contributed by atoms with E-state index in [9.17, 15) is 0 Å². The molecule has 2 saturated heterocycles. The Hall–Kier alpha value is -0.0800. The maximum Gasteiger partial charge on any atom is 0.0267 e. The maximum atomic E-state index is 7.67. The van der Waals surface area contributed by atoms with Crippen molar-refractivity contribution in [2.24, 2.45) is 0 Å². The van der Waals surface area contributed by atoms with Gasteiger partial charge in [-0.3, -0.25) is 0 Å². The van der Waals surface area contributed by atoms with E-state index in [1.807, 2.05) is 0 Å². The third-order valence-electron chi connectivity index (χ3n) is 3.45. The predicted octanol–water partition coefficient (Wildman–Crippen LogP) is 1.57. The van der Waals surface area contributed by atoms with Gasteiger partial charge in [0, 0.05) is 7.41 Å². The van der Waals surface area contributed by atoms with Crippen molar-refractivity contribution in [1.29, 1.82) is 0 Å². The average Bonchev–Trinajstić information content (AvgIpc) is 2.21. The van der Waals surface area contributed by atoms with E-state index in [0.717, 1.165) is 18.9 Å². The second kappa shape index (κ2) is 4.43. The highest BCUT2D eigenvalue weighted by atomic mass is 15.2. The lowest BCUT2D eigenvalue weighted by molar-refractivity contribution is 0.103. The first kappa shape index (κ1) is 8.25. The number of hydrogen-bond acceptors (Lipinski definition) is 2. The molecule has 76 valence electrons. The average molecular weight is 183 g/mol. The Bertz CT molecular complexity index is 150. The van der Waals surface area contributed by atoms with Crippen LogP contribution in [0.2, 0.25) is 0 Å². The smallest absolute Gasteiger partial charge is 0.0267 e. The van der Waals surface area contributed by atoms with Crippen molar-refractivity contribution in [3.05, 3.63) is 0 Å². The van der Waals surface area contributed by atoms with Crippen LogP contribution in [0.1, 0.15) is 33.5 Å². The van der Waals surface area contributed by atoms with Gasteiger partial charge in [-0.25, -0.2) is 0 Å². The minimum Gasteiger partial charge on any atom is -0.306 e. The van der Waals surface area contributed by atoms with Crippen LogP contribution < -0.4 is 0 Å². The first-order valence-corrected chi connectivity index (χ1v) is 5.60. The van der Waals surface area contributed by atoms with Gasteiger partial charge in [-0.15, -0.1) is 0 Å². The topological polar surface area (TPSA) is 6.48 Å². The molecule has 0 aromatic rings. The van der Waals surface area contributed by atoms with Gasteiger partial charge in [-0.2, -0.15) is 0 Å². The van der Waals surface area contributed by atoms with Gasteiger partial charge in [-0.05, 0) is 58.9 Å². The molecule has 0 aliphatic carbocycles. The summed E-state index contributed by atoms with van der Waals surface area (Å²) in [6.45, 7) is 4.85. The summed E-state index contributed by atoms with van der Waals surface area (Å²) >= 11 is 0. The van der Waals surface area contributed by atoms with Gasteiger partial charge in [0.1, 0.15) is 0 Å². The van der Waals surface area contributed by atoms with Gasteiger partial charge in [-0.1, -0.05) is 6.40 Å². The summed E-state index contributed by atoms with van der Waals surface area (Å²) in [7, 11) is 2.21. The highest BCUT2D eigenvalue weighted by molar-refractivity contribution is 4.80. The van der Waals surface area contributed by atoms with Gasteiger partial charge in [0.15, 0.2) is 0 Å². The molecule has 0 spiro atoms. The summed E-state index contributed by atoms with van der Waals surface area (Å²) < 4.78 is 7.67. The Kier molecular flexibility index (Phi) is 2.81. The molecule has 0 N–H and O–H groups in total. The molecule has 13 heavy (non-hydrogen) atoms. The van der Waals surface area contributed by atoms with Crippen molar-refractivity contribution < 1.29 is 1.37 Å². The monoisotopic (exact) mass is 183 g/mol. The van der Waals surface area contributed by atoms with Gasteiger partial charge >= 0.3 is 0 Å². The first-order valence-electron chi connectivity index (χ1n) is 6.18. The summed E-state index contributed by atoms with van der Waals surface area (Å²) in [5, 5.41) is 0. The molecule has 0 unspecified atom stereocenters. The van der Waals surface area contributed by atoms with Crippen molar-refractivity contribution in [2.75, 3.05) is 33.2 Å². The Morgan fingerprint density at radius 1 is 1.08 bits per heavy atom. The molecule has 0 atom stereocenters. The Balaban J connectivity index is 1.78. The van der Waals surface area contributed by atoms with Crippen molar-refractivity contribution >= 4 is 0 Å². The molecule has 2 heteroatoms. The fraction of sp³-hybridized carbons (Fsp3) is 1.00. The minimum absolute atomic E-state index is 0.220.